The van der Waals surface area contributed by atoms with E-state index < -0.39 is 0 Å². The molecule has 3 nitrogen and oxygen atoms in total. The van der Waals surface area contributed by atoms with E-state index in [1.807, 2.05) is 11.8 Å². The molecular formula is C9H13N3S. The summed E-state index contributed by atoms with van der Waals surface area (Å²) < 4.78 is 2.31. The van der Waals surface area contributed by atoms with Crippen LogP contribution in [-0.4, -0.2) is 15.3 Å². The third-order valence-corrected chi connectivity index (χ3v) is 3.87. The van der Waals surface area contributed by atoms with Gasteiger partial charge in [0.1, 0.15) is 0 Å². The first-order valence-corrected chi connectivity index (χ1v) is 5.68. The fourth-order valence-electron chi connectivity index (χ4n) is 2.09. The van der Waals surface area contributed by atoms with Crippen molar-refractivity contribution in [2.24, 2.45) is 5.73 Å². The molecule has 2 heterocycles. The molecule has 0 saturated heterocycles. The van der Waals surface area contributed by atoms with Gasteiger partial charge in [0, 0.05) is 12.3 Å². The number of imidazole rings is 1. The van der Waals surface area contributed by atoms with Crippen molar-refractivity contribution in [3.63, 3.8) is 0 Å². The summed E-state index contributed by atoms with van der Waals surface area (Å²) in [6.07, 6.45) is 2.26. The van der Waals surface area contributed by atoms with Gasteiger partial charge in [-0.25, -0.2) is 4.98 Å². The molecule has 1 aromatic heterocycles. The van der Waals surface area contributed by atoms with E-state index in [0.29, 0.717) is 0 Å². The average molecular weight is 195 g/mol. The number of thioether (sulfide) groups is 1. The maximum absolute atomic E-state index is 6.22. The first-order valence-electron chi connectivity index (χ1n) is 4.70. The molecule has 0 aromatic carbocycles. The van der Waals surface area contributed by atoms with Crippen LogP contribution in [0.2, 0.25) is 0 Å². The van der Waals surface area contributed by atoms with Crippen LogP contribution in [0.5, 0.6) is 0 Å². The van der Waals surface area contributed by atoms with Crippen molar-refractivity contribution in [2.75, 3.05) is 5.75 Å². The van der Waals surface area contributed by atoms with Crippen LogP contribution in [0.3, 0.4) is 0 Å². The molecule has 0 spiro atoms. The summed E-state index contributed by atoms with van der Waals surface area (Å²) in [5, 5.41) is 1.17. The van der Waals surface area contributed by atoms with E-state index in [1.54, 1.807) is 0 Å². The van der Waals surface area contributed by atoms with Gasteiger partial charge in [-0.05, 0) is 19.8 Å². The Bertz CT molecular complexity index is 365. The monoisotopic (exact) mass is 195 g/mol. The highest BCUT2D eigenvalue weighted by atomic mass is 32.2. The first kappa shape index (κ1) is 7.88. The number of aryl methyl sites for hydroxylation is 1. The largest absolute Gasteiger partial charge is 0.320 e. The van der Waals surface area contributed by atoms with E-state index in [9.17, 15) is 0 Å². The molecule has 4 heteroatoms. The summed E-state index contributed by atoms with van der Waals surface area (Å²) in [4.78, 5) is 4.54. The van der Waals surface area contributed by atoms with Crippen LogP contribution in [0.15, 0.2) is 5.16 Å². The van der Waals surface area contributed by atoms with Gasteiger partial charge in [-0.1, -0.05) is 11.8 Å². The highest BCUT2D eigenvalue weighted by molar-refractivity contribution is 7.99. The van der Waals surface area contributed by atoms with Crippen molar-refractivity contribution in [2.45, 2.75) is 37.0 Å². The molecule has 0 unspecified atom stereocenters. The highest BCUT2D eigenvalue weighted by Crippen LogP contribution is 2.46. The fraction of sp³-hybridized carbons (Fsp3) is 0.667. The number of fused-ring (bicyclic) bond motifs is 1. The SMILES string of the molecule is Cc1nc2n(c1C1(N)CC1)CCS2. The second kappa shape index (κ2) is 2.30. The molecule has 0 bridgehead atoms. The summed E-state index contributed by atoms with van der Waals surface area (Å²) >= 11 is 1.84. The van der Waals surface area contributed by atoms with Crippen molar-refractivity contribution in [1.82, 2.24) is 9.55 Å². The Kier molecular flexibility index (Phi) is 1.40. The topological polar surface area (TPSA) is 43.8 Å². The average Bonchev–Trinajstić information content (AvgIpc) is 2.55. The van der Waals surface area contributed by atoms with Gasteiger partial charge in [0.25, 0.3) is 0 Å². The molecule has 1 aliphatic heterocycles. The van der Waals surface area contributed by atoms with E-state index in [2.05, 4.69) is 16.5 Å². The van der Waals surface area contributed by atoms with Crippen LogP contribution in [0, 0.1) is 6.92 Å². The normalized spacial score (nSPS) is 23.2. The van der Waals surface area contributed by atoms with Gasteiger partial charge in [-0.15, -0.1) is 0 Å². The molecule has 13 heavy (non-hydrogen) atoms. The molecule has 1 fully saturated rings. The number of rotatable bonds is 1. The number of nitrogens with two attached hydrogens (primary N) is 1. The van der Waals surface area contributed by atoms with E-state index in [0.717, 1.165) is 30.8 Å². The smallest absolute Gasteiger partial charge is 0.168 e. The first-order chi connectivity index (χ1) is 6.21. The number of nitrogens with zero attached hydrogens (tertiary/aromatic N) is 2. The van der Waals surface area contributed by atoms with Crippen LogP contribution >= 0.6 is 11.8 Å². The standard InChI is InChI=1S/C9H13N3S/c1-6-7(9(10)2-3-9)12-4-5-13-8(12)11-6/h2-5,10H2,1H3. The lowest BCUT2D eigenvalue weighted by atomic mass is 10.1. The Hall–Kier alpha value is -0.480. The van der Waals surface area contributed by atoms with Crippen LogP contribution in [-0.2, 0) is 12.1 Å². The van der Waals surface area contributed by atoms with E-state index in [1.165, 1.54) is 10.9 Å². The molecule has 1 saturated carbocycles. The van der Waals surface area contributed by atoms with Gasteiger partial charge in [-0.3, -0.25) is 0 Å². The maximum Gasteiger partial charge on any atom is 0.168 e. The zero-order valence-electron chi connectivity index (χ0n) is 7.71. The van der Waals surface area contributed by atoms with E-state index in [4.69, 9.17) is 5.73 Å². The van der Waals surface area contributed by atoms with Gasteiger partial charge in [0.2, 0.25) is 0 Å². The summed E-state index contributed by atoms with van der Waals surface area (Å²) in [6, 6.07) is 0. The van der Waals surface area contributed by atoms with E-state index in [-0.39, 0.29) is 5.54 Å². The highest BCUT2D eigenvalue weighted by Gasteiger charge is 2.45. The summed E-state index contributed by atoms with van der Waals surface area (Å²) in [6.45, 7) is 3.17. The van der Waals surface area contributed by atoms with Crippen LogP contribution in [0.4, 0.5) is 0 Å². The van der Waals surface area contributed by atoms with Crippen molar-refractivity contribution >= 4 is 11.8 Å². The van der Waals surface area contributed by atoms with Crippen molar-refractivity contribution in [1.29, 1.82) is 0 Å². The molecule has 3 rings (SSSR count). The Labute approximate surface area is 81.7 Å². The Morgan fingerprint density at radius 3 is 3.00 bits per heavy atom. The van der Waals surface area contributed by atoms with Gasteiger partial charge >= 0.3 is 0 Å². The van der Waals surface area contributed by atoms with E-state index >= 15 is 0 Å². The lowest BCUT2D eigenvalue weighted by Crippen LogP contribution is -2.23. The minimum absolute atomic E-state index is 0.0275. The molecule has 1 aromatic rings. The van der Waals surface area contributed by atoms with Gasteiger partial charge in [-0.2, -0.15) is 0 Å². The lowest BCUT2D eigenvalue weighted by molar-refractivity contribution is 0.598. The van der Waals surface area contributed by atoms with Crippen molar-refractivity contribution < 1.29 is 0 Å². The van der Waals surface area contributed by atoms with Crippen LogP contribution in [0.25, 0.3) is 0 Å². The second-order valence-electron chi connectivity index (χ2n) is 3.98. The molecular weight excluding hydrogens is 182 g/mol. The predicted octanol–water partition coefficient (Wildman–Crippen LogP) is 1.25. The zero-order valence-corrected chi connectivity index (χ0v) is 8.52. The summed E-state index contributed by atoms with van der Waals surface area (Å²) in [5.74, 6) is 1.16. The fourth-order valence-corrected chi connectivity index (χ4v) is 3.09. The summed E-state index contributed by atoms with van der Waals surface area (Å²) in [7, 11) is 0. The molecule has 2 aliphatic rings. The zero-order chi connectivity index (χ0) is 9.05. The van der Waals surface area contributed by atoms with Crippen LogP contribution in [0.1, 0.15) is 24.2 Å². The Morgan fingerprint density at radius 2 is 2.31 bits per heavy atom. The Balaban J connectivity index is 2.17. The number of hydrogen-bond donors (Lipinski definition) is 1. The van der Waals surface area contributed by atoms with Crippen molar-refractivity contribution in [3.05, 3.63) is 11.4 Å². The second-order valence-corrected chi connectivity index (χ2v) is 5.05. The van der Waals surface area contributed by atoms with Gasteiger partial charge < -0.3 is 10.3 Å². The predicted molar refractivity (Wildman–Crippen MR) is 52.8 cm³/mol. The maximum atomic E-state index is 6.22. The number of hydrogen-bond acceptors (Lipinski definition) is 3. The molecule has 0 amide bonds. The molecule has 0 radical (unpaired) electrons. The third-order valence-electron chi connectivity index (χ3n) is 2.91. The molecule has 1 aliphatic carbocycles. The number of aromatic nitrogens is 2. The lowest BCUT2D eigenvalue weighted by Gasteiger charge is -2.11. The Morgan fingerprint density at radius 1 is 1.54 bits per heavy atom. The third kappa shape index (κ3) is 0.987. The quantitative estimate of drug-likeness (QED) is 0.733. The summed E-state index contributed by atoms with van der Waals surface area (Å²) in [5.41, 5.74) is 8.63. The van der Waals surface area contributed by atoms with Crippen molar-refractivity contribution in [3.8, 4) is 0 Å². The van der Waals surface area contributed by atoms with Gasteiger partial charge in [0.15, 0.2) is 5.16 Å². The molecule has 2 N–H and O–H groups in total. The van der Waals surface area contributed by atoms with Gasteiger partial charge in [0.05, 0.1) is 16.9 Å². The minimum atomic E-state index is -0.0275. The molecule has 0 atom stereocenters. The van der Waals surface area contributed by atoms with Crippen LogP contribution < -0.4 is 5.73 Å². The molecule has 70 valence electrons. The minimum Gasteiger partial charge on any atom is -0.320 e.